The van der Waals surface area contributed by atoms with Crippen molar-refractivity contribution in [1.29, 1.82) is 0 Å². The van der Waals surface area contributed by atoms with Gasteiger partial charge in [-0.05, 0) is 61.7 Å². The van der Waals surface area contributed by atoms with Crippen LogP contribution in [0.25, 0.3) is 0 Å². The molecule has 1 aliphatic heterocycles. The zero-order valence-corrected chi connectivity index (χ0v) is 14.9. The molecule has 1 aliphatic rings. The Labute approximate surface area is 152 Å². The maximum absolute atomic E-state index is 13.1. The minimum Gasteiger partial charge on any atom is -0.324 e. The fourth-order valence-corrected chi connectivity index (χ4v) is 3.54. The van der Waals surface area contributed by atoms with Gasteiger partial charge in [-0.3, -0.25) is 0 Å². The first-order valence-corrected chi connectivity index (χ1v) is 8.77. The molecule has 2 aromatic carbocycles. The first-order valence-electron chi connectivity index (χ1n) is 8.77. The van der Waals surface area contributed by atoms with Gasteiger partial charge in [0.1, 0.15) is 5.82 Å². The Kier molecular flexibility index (Phi) is 4.17. The number of benzene rings is 2. The third-order valence-corrected chi connectivity index (χ3v) is 4.90. The third-order valence-electron chi connectivity index (χ3n) is 4.90. The molecule has 0 bridgehead atoms. The number of halogens is 1. The molecule has 5 heteroatoms. The van der Waals surface area contributed by atoms with Crippen molar-refractivity contribution in [2.45, 2.75) is 25.8 Å². The van der Waals surface area contributed by atoms with Crippen LogP contribution in [0.1, 0.15) is 29.4 Å². The number of rotatable bonds is 3. The van der Waals surface area contributed by atoms with E-state index in [0.717, 1.165) is 30.0 Å². The summed E-state index contributed by atoms with van der Waals surface area (Å²) in [6.07, 6.45) is 1.01. The molecule has 2 N–H and O–H groups in total. The standard InChI is InChI=1S/C21H21FN4/c1-14-13-19(21(2)18-6-4-3-5-15(18)11-12-23-21)26-20(24-14)25-17-9-7-16(22)8-10-17/h3-10,13,23H,11-12H2,1-2H3,(H,24,25,26). The van der Waals surface area contributed by atoms with E-state index in [-0.39, 0.29) is 11.4 Å². The third kappa shape index (κ3) is 3.06. The Morgan fingerprint density at radius 1 is 1.08 bits per heavy atom. The van der Waals surface area contributed by atoms with Crippen LogP contribution in [0.15, 0.2) is 54.6 Å². The van der Waals surface area contributed by atoms with Gasteiger partial charge >= 0.3 is 0 Å². The van der Waals surface area contributed by atoms with Gasteiger partial charge in [0, 0.05) is 17.9 Å². The van der Waals surface area contributed by atoms with Crippen LogP contribution < -0.4 is 10.6 Å². The molecule has 0 saturated carbocycles. The van der Waals surface area contributed by atoms with Crippen LogP contribution in [0, 0.1) is 12.7 Å². The first kappa shape index (κ1) is 16.7. The van der Waals surface area contributed by atoms with Crippen molar-refractivity contribution < 1.29 is 4.39 Å². The maximum atomic E-state index is 13.1. The van der Waals surface area contributed by atoms with Crippen LogP contribution in [0.4, 0.5) is 16.0 Å². The van der Waals surface area contributed by atoms with Crippen LogP contribution in [-0.4, -0.2) is 16.5 Å². The second-order valence-electron chi connectivity index (χ2n) is 6.81. The lowest BCUT2D eigenvalue weighted by Crippen LogP contribution is -2.46. The van der Waals surface area contributed by atoms with Crippen molar-refractivity contribution in [3.8, 4) is 0 Å². The van der Waals surface area contributed by atoms with E-state index in [2.05, 4.69) is 46.8 Å². The second kappa shape index (κ2) is 6.50. The largest absolute Gasteiger partial charge is 0.324 e. The Bertz CT molecular complexity index is 939. The SMILES string of the molecule is Cc1cc(C2(C)NCCc3ccccc32)nc(Nc2ccc(F)cc2)n1. The summed E-state index contributed by atoms with van der Waals surface area (Å²) in [7, 11) is 0. The number of hydrogen-bond acceptors (Lipinski definition) is 4. The Hall–Kier alpha value is -2.79. The van der Waals surface area contributed by atoms with Crippen molar-refractivity contribution in [3.63, 3.8) is 0 Å². The summed E-state index contributed by atoms with van der Waals surface area (Å²) in [5, 5.41) is 6.80. The maximum Gasteiger partial charge on any atom is 0.227 e. The molecular formula is C21H21FN4. The summed E-state index contributed by atoms with van der Waals surface area (Å²) in [5.41, 5.74) is 4.77. The summed E-state index contributed by atoms with van der Waals surface area (Å²) < 4.78 is 13.1. The highest BCUT2D eigenvalue weighted by atomic mass is 19.1. The summed E-state index contributed by atoms with van der Waals surface area (Å²) in [5.74, 6) is 0.245. The van der Waals surface area contributed by atoms with Gasteiger partial charge in [-0.25, -0.2) is 14.4 Å². The van der Waals surface area contributed by atoms with Gasteiger partial charge < -0.3 is 10.6 Å². The molecule has 26 heavy (non-hydrogen) atoms. The van der Waals surface area contributed by atoms with E-state index < -0.39 is 0 Å². The molecule has 2 heterocycles. The Morgan fingerprint density at radius 3 is 2.65 bits per heavy atom. The summed E-state index contributed by atoms with van der Waals surface area (Å²) in [6.45, 7) is 5.02. The van der Waals surface area contributed by atoms with Gasteiger partial charge in [0.25, 0.3) is 0 Å². The normalized spacial score (nSPS) is 19.0. The molecule has 0 fully saturated rings. The lowest BCUT2D eigenvalue weighted by Gasteiger charge is -2.37. The zero-order chi connectivity index (χ0) is 18.1. The van der Waals surface area contributed by atoms with E-state index in [1.807, 2.05) is 13.0 Å². The number of hydrogen-bond donors (Lipinski definition) is 2. The van der Waals surface area contributed by atoms with Crippen molar-refractivity contribution >= 4 is 11.6 Å². The lowest BCUT2D eigenvalue weighted by molar-refractivity contribution is 0.404. The quantitative estimate of drug-likeness (QED) is 0.749. The molecule has 0 radical (unpaired) electrons. The fraction of sp³-hybridized carbons (Fsp3) is 0.238. The summed E-state index contributed by atoms with van der Waals surface area (Å²) >= 11 is 0. The summed E-state index contributed by atoms with van der Waals surface area (Å²) in [4.78, 5) is 9.26. The van der Waals surface area contributed by atoms with E-state index >= 15 is 0 Å². The van der Waals surface area contributed by atoms with Crippen LogP contribution in [-0.2, 0) is 12.0 Å². The predicted molar refractivity (Wildman–Crippen MR) is 101 cm³/mol. The molecule has 0 spiro atoms. The number of fused-ring (bicyclic) bond motifs is 1. The molecule has 1 unspecified atom stereocenters. The molecule has 132 valence electrons. The molecule has 1 atom stereocenters. The van der Waals surface area contributed by atoms with Crippen molar-refractivity contribution in [2.75, 3.05) is 11.9 Å². The topological polar surface area (TPSA) is 49.8 Å². The van der Waals surface area contributed by atoms with Crippen molar-refractivity contribution in [3.05, 3.63) is 82.9 Å². The highest BCUT2D eigenvalue weighted by molar-refractivity contribution is 5.54. The monoisotopic (exact) mass is 348 g/mol. The minimum atomic E-state index is -0.373. The van der Waals surface area contributed by atoms with E-state index in [9.17, 15) is 4.39 Å². The van der Waals surface area contributed by atoms with Crippen LogP contribution >= 0.6 is 0 Å². The smallest absolute Gasteiger partial charge is 0.227 e. The number of anilines is 2. The molecule has 3 aromatic rings. The van der Waals surface area contributed by atoms with E-state index in [1.54, 1.807) is 12.1 Å². The van der Waals surface area contributed by atoms with Gasteiger partial charge in [-0.1, -0.05) is 24.3 Å². The lowest BCUT2D eigenvalue weighted by atomic mass is 9.81. The average Bonchev–Trinajstić information content (AvgIpc) is 2.64. The minimum absolute atomic E-state index is 0.267. The highest BCUT2D eigenvalue weighted by Crippen LogP contribution is 2.34. The van der Waals surface area contributed by atoms with Crippen molar-refractivity contribution in [2.24, 2.45) is 0 Å². The van der Waals surface area contributed by atoms with Gasteiger partial charge in [0.2, 0.25) is 5.95 Å². The molecule has 0 saturated heterocycles. The molecule has 4 nitrogen and oxygen atoms in total. The van der Waals surface area contributed by atoms with Gasteiger partial charge in [-0.2, -0.15) is 0 Å². The average molecular weight is 348 g/mol. The number of nitrogens with one attached hydrogen (secondary N) is 2. The summed E-state index contributed by atoms with van der Waals surface area (Å²) in [6, 6.07) is 16.7. The zero-order valence-electron chi connectivity index (χ0n) is 14.9. The van der Waals surface area contributed by atoms with Crippen LogP contribution in [0.5, 0.6) is 0 Å². The van der Waals surface area contributed by atoms with Gasteiger partial charge in [-0.15, -0.1) is 0 Å². The van der Waals surface area contributed by atoms with Crippen molar-refractivity contribution in [1.82, 2.24) is 15.3 Å². The second-order valence-corrected chi connectivity index (χ2v) is 6.81. The van der Waals surface area contributed by atoms with E-state index in [1.165, 1.54) is 23.3 Å². The Balaban J connectivity index is 1.74. The van der Waals surface area contributed by atoms with Crippen LogP contribution in [0.2, 0.25) is 0 Å². The number of aromatic nitrogens is 2. The molecule has 1 aromatic heterocycles. The van der Waals surface area contributed by atoms with Gasteiger partial charge in [0.05, 0.1) is 11.2 Å². The van der Waals surface area contributed by atoms with Crippen LogP contribution in [0.3, 0.4) is 0 Å². The predicted octanol–water partition coefficient (Wildman–Crippen LogP) is 4.08. The molecule has 0 amide bonds. The molecular weight excluding hydrogens is 327 g/mol. The first-order chi connectivity index (χ1) is 12.5. The fourth-order valence-electron chi connectivity index (χ4n) is 3.54. The van der Waals surface area contributed by atoms with Gasteiger partial charge in [0.15, 0.2) is 0 Å². The van der Waals surface area contributed by atoms with E-state index in [4.69, 9.17) is 4.98 Å². The highest BCUT2D eigenvalue weighted by Gasteiger charge is 2.35. The Morgan fingerprint density at radius 2 is 1.85 bits per heavy atom. The molecule has 4 rings (SSSR count). The van der Waals surface area contributed by atoms with E-state index in [0.29, 0.717) is 5.95 Å². The number of aryl methyl sites for hydroxylation is 1. The molecule has 0 aliphatic carbocycles. The number of nitrogens with zero attached hydrogens (tertiary/aromatic N) is 2.